The first-order valence-electron chi connectivity index (χ1n) is 7.31. The Balaban J connectivity index is 1.99. The summed E-state index contributed by atoms with van der Waals surface area (Å²) in [6.07, 6.45) is 0. The highest BCUT2D eigenvalue weighted by Crippen LogP contribution is 2.32. The Hall–Kier alpha value is -2.11. The minimum Gasteiger partial charge on any atom is -0.494 e. The first kappa shape index (κ1) is 18.2. The Kier molecular flexibility index (Phi) is 6.17. The summed E-state index contributed by atoms with van der Waals surface area (Å²) in [6.45, 7) is 4.03. The molecule has 0 fully saturated rings. The number of nitrogens with two attached hydrogens (primary N) is 1. The van der Waals surface area contributed by atoms with Crippen molar-refractivity contribution in [3.05, 3.63) is 45.9 Å². The van der Waals surface area contributed by atoms with Gasteiger partial charge in [0.2, 0.25) is 0 Å². The van der Waals surface area contributed by atoms with Crippen molar-refractivity contribution in [3.8, 4) is 11.5 Å². The van der Waals surface area contributed by atoms with Gasteiger partial charge in [-0.15, -0.1) is 0 Å². The van der Waals surface area contributed by atoms with E-state index in [0.29, 0.717) is 39.5 Å². The molecule has 0 saturated heterocycles. The van der Waals surface area contributed by atoms with Crippen LogP contribution in [0, 0.1) is 6.92 Å². The van der Waals surface area contributed by atoms with Crippen molar-refractivity contribution in [1.29, 1.82) is 0 Å². The largest absolute Gasteiger partial charge is 0.494 e. The maximum absolute atomic E-state index is 12.0. The zero-order chi connectivity index (χ0) is 17.7. The van der Waals surface area contributed by atoms with E-state index in [1.807, 2.05) is 6.92 Å². The summed E-state index contributed by atoms with van der Waals surface area (Å²) in [5.41, 5.74) is 7.56. The number of benzene rings is 2. The highest BCUT2D eigenvalue weighted by atomic mass is 35.5. The molecule has 2 aromatic rings. The number of hydrogen-bond acceptors (Lipinski definition) is 4. The van der Waals surface area contributed by atoms with Crippen molar-refractivity contribution in [2.45, 2.75) is 13.8 Å². The van der Waals surface area contributed by atoms with Crippen molar-refractivity contribution in [3.63, 3.8) is 0 Å². The second kappa shape index (κ2) is 8.13. The number of nitrogens with one attached hydrogen (secondary N) is 1. The average molecular weight is 369 g/mol. The number of aryl methyl sites for hydroxylation is 1. The molecule has 0 saturated carbocycles. The highest BCUT2D eigenvalue weighted by Gasteiger charge is 2.11. The smallest absolute Gasteiger partial charge is 0.262 e. The van der Waals surface area contributed by atoms with E-state index in [1.54, 1.807) is 37.3 Å². The fourth-order valence-electron chi connectivity index (χ4n) is 2.11. The molecule has 0 heterocycles. The summed E-state index contributed by atoms with van der Waals surface area (Å²) in [4.78, 5) is 12.0. The maximum Gasteiger partial charge on any atom is 0.262 e. The lowest BCUT2D eigenvalue weighted by Gasteiger charge is -2.13. The molecule has 3 N–H and O–H groups in total. The molecule has 0 spiro atoms. The third-order valence-electron chi connectivity index (χ3n) is 3.15. The molecule has 24 heavy (non-hydrogen) atoms. The Morgan fingerprint density at radius 2 is 1.96 bits per heavy atom. The number of hydrogen-bond donors (Lipinski definition) is 2. The van der Waals surface area contributed by atoms with Crippen molar-refractivity contribution in [2.24, 2.45) is 0 Å². The van der Waals surface area contributed by atoms with E-state index in [0.717, 1.165) is 5.56 Å². The van der Waals surface area contributed by atoms with Crippen LogP contribution in [-0.2, 0) is 4.79 Å². The van der Waals surface area contributed by atoms with Crippen LogP contribution in [0.4, 0.5) is 11.4 Å². The second-order valence-corrected chi connectivity index (χ2v) is 5.90. The summed E-state index contributed by atoms with van der Waals surface area (Å²) < 4.78 is 10.8. The van der Waals surface area contributed by atoms with E-state index in [4.69, 9.17) is 38.4 Å². The average Bonchev–Trinajstić information content (AvgIpc) is 2.49. The molecule has 2 rings (SSSR count). The van der Waals surface area contributed by atoms with Crippen LogP contribution in [0.2, 0.25) is 10.0 Å². The highest BCUT2D eigenvalue weighted by molar-refractivity contribution is 6.35. The monoisotopic (exact) mass is 368 g/mol. The Labute approximate surface area is 150 Å². The fourth-order valence-corrected chi connectivity index (χ4v) is 2.76. The van der Waals surface area contributed by atoms with Crippen LogP contribution in [0.3, 0.4) is 0 Å². The van der Waals surface area contributed by atoms with Gasteiger partial charge in [-0.05, 0) is 43.7 Å². The topological polar surface area (TPSA) is 73.6 Å². The minimum atomic E-state index is -0.351. The molecule has 0 unspecified atom stereocenters. The van der Waals surface area contributed by atoms with E-state index < -0.39 is 0 Å². The van der Waals surface area contributed by atoms with E-state index in [-0.39, 0.29) is 12.5 Å². The van der Waals surface area contributed by atoms with Crippen LogP contribution < -0.4 is 20.5 Å². The normalized spacial score (nSPS) is 10.3. The van der Waals surface area contributed by atoms with E-state index in [2.05, 4.69) is 5.32 Å². The van der Waals surface area contributed by atoms with Crippen LogP contribution in [0.25, 0.3) is 0 Å². The Bertz CT molecular complexity index is 728. The molecule has 0 aromatic heterocycles. The number of halogens is 2. The van der Waals surface area contributed by atoms with Crippen LogP contribution in [0.15, 0.2) is 30.3 Å². The molecular formula is C17H18Cl2N2O3. The van der Waals surface area contributed by atoms with Crippen LogP contribution in [-0.4, -0.2) is 19.1 Å². The molecule has 0 radical (unpaired) electrons. The number of carbonyl (C=O) groups is 1. The molecular weight excluding hydrogens is 351 g/mol. The Morgan fingerprint density at radius 3 is 2.58 bits per heavy atom. The first-order chi connectivity index (χ1) is 11.4. The molecule has 0 bridgehead atoms. The quantitative estimate of drug-likeness (QED) is 0.745. The lowest BCUT2D eigenvalue weighted by Crippen LogP contribution is -2.21. The van der Waals surface area contributed by atoms with Gasteiger partial charge in [-0.1, -0.05) is 23.2 Å². The minimum absolute atomic E-state index is 0.200. The molecule has 0 aliphatic carbocycles. The fraction of sp³-hybridized carbons (Fsp3) is 0.235. The number of amides is 1. The van der Waals surface area contributed by atoms with Gasteiger partial charge in [-0.2, -0.15) is 0 Å². The molecule has 1 amide bonds. The van der Waals surface area contributed by atoms with Crippen molar-refractivity contribution in [1.82, 2.24) is 0 Å². The van der Waals surface area contributed by atoms with E-state index >= 15 is 0 Å². The lowest BCUT2D eigenvalue weighted by atomic mass is 10.2. The molecule has 0 aliphatic rings. The van der Waals surface area contributed by atoms with Crippen molar-refractivity contribution >= 4 is 40.5 Å². The number of rotatable bonds is 6. The third kappa shape index (κ3) is 4.69. The summed E-state index contributed by atoms with van der Waals surface area (Å²) in [5, 5.41) is 3.55. The molecule has 7 heteroatoms. The van der Waals surface area contributed by atoms with Crippen LogP contribution in [0.5, 0.6) is 11.5 Å². The van der Waals surface area contributed by atoms with Gasteiger partial charge in [-0.25, -0.2) is 0 Å². The van der Waals surface area contributed by atoms with Gasteiger partial charge < -0.3 is 20.5 Å². The Morgan fingerprint density at radius 1 is 1.21 bits per heavy atom. The molecule has 0 atom stereocenters. The zero-order valence-corrected chi connectivity index (χ0v) is 14.9. The predicted molar refractivity (Wildman–Crippen MR) is 97.3 cm³/mol. The third-order valence-corrected chi connectivity index (χ3v) is 3.65. The molecule has 2 aromatic carbocycles. The van der Waals surface area contributed by atoms with Gasteiger partial charge in [0.05, 0.1) is 23.0 Å². The number of carbonyl (C=O) groups excluding carboxylic acids is 1. The van der Waals surface area contributed by atoms with E-state index in [1.165, 1.54) is 0 Å². The lowest BCUT2D eigenvalue weighted by molar-refractivity contribution is -0.118. The van der Waals surface area contributed by atoms with Gasteiger partial charge in [-0.3, -0.25) is 4.79 Å². The summed E-state index contributed by atoms with van der Waals surface area (Å²) in [7, 11) is 0. The molecule has 128 valence electrons. The standard InChI is InChI=1S/C17H18Cl2N2O3/c1-3-23-12-4-5-15(14(20)8-12)21-16(22)9-24-17-10(2)6-11(18)7-13(17)19/h4-8H,3,9,20H2,1-2H3,(H,21,22). The van der Waals surface area contributed by atoms with Gasteiger partial charge in [0, 0.05) is 11.1 Å². The number of nitrogen functional groups attached to an aromatic ring is 1. The number of ether oxygens (including phenoxy) is 2. The van der Waals surface area contributed by atoms with Crippen LogP contribution in [0.1, 0.15) is 12.5 Å². The summed E-state index contributed by atoms with van der Waals surface area (Å²) in [6, 6.07) is 8.34. The van der Waals surface area contributed by atoms with Gasteiger partial charge in [0.25, 0.3) is 5.91 Å². The molecule has 0 aliphatic heterocycles. The zero-order valence-electron chi connectivity index (χ0n) is 13.4. The SMILES string of the molecule is CCOc1ccc(NC(=O)COc2c(C)cc(Cl)cc2Cl)c(N)c1. The first-order valence-corrected chi connectivity index (χ1v) is 8.07. The van der Waals surface area contributed by atoms with Gasteiger partial charge >= 0.3 is 0 Å². The summed E-state index contributed by atoms with van der Waals surface area (Å²) >= 11 is 12.0. The van der Waals surface area contributed by atoms with Crippen molar-refractivity contribution < 1.29 is 14.3 Å². The second-order valence-electron chi connectivity index (χ2n) is 5.05. The van der Waals surface area contributed by atoms with E-state index in [9.17, 15) is 4.79 Å². The predicted octanol–water partition coefficient (Wildman–Crippen LogP) is 4.30. The van der Waals surface area contributed by atoms with Crippen molar-refractivity contribution in [2.75, 3.05) is 24.3 Å². The number of anilines is 2. The van der Waals surface area contributed by atoms with Gasteiger partial charge in [0.1, 0.15) is 11.5 Å². The van der Waals surface area contributed by atoms with Crippen LogP contribution >= 0.6 is 23.2 Å². The maximum atomic E-state index is 12.0. The molecule has 5 nitrogen and oxygen atoms in total. The van der Waals surface area contributed by atoms with Gasteiger partial charge in [0.15, 0.2) is 6.61 Å². The summed E-state index contributed by atoms with van der Waals surface area (Å²) in [5.74, 6) is 0.722.